The van der Waals surface area contributed by atoms with E-state index in [2.05, 4.69) is 48.7 Å². The summed E-state index contributed by atoms with van der Waals surface area (Å²) in [5.74, 6) is 1.14. The fourth-order valence-corrected chi connectivity index (χ4v) is 3.70. The lowest BCUT2D eigenvalue weighted by Gasteiger charge is -2.18. The number of hydrogen-bond acceptors (Lipinski definition) is 3. The van der Waals surface area contributed by atoms with Crippen LogP contribution in [-0.2, 0) is 24.2 Å². The van der Waals surface area contributed by atoms with E-state index in [1.807, 2.05) is 12.1 Å². The molecule has 0 saturated heterocycles. The molecule has 2 N–H and O–H groups in total. The van der Waals surface area contributed by atoms with Gasteiger partial charge in [-0.05, 0) is 56.0 Å². The Morgan fingerprint density at radius 2 is 2.04 bits per heavy atom. The van der Waals surface area contributed by atoms with Crippen LogP contribution in [-0.4, -0.2) is 11.5 Å². The van der Waals surface area contributed by atoms with Crippen LogP contribution in [0.25, 0.3) is 0 Å². The van der Waals surface area contributed by atoms with E-state index < -0.39 is 0 Å². The van der Waals surface area contributed by atoms with Gasteiger partial charge in [0.05, 0.1) is 0 Å². The first kappa shape index (κ1) is 16.0. The second kappa shape index (κ2) is 6.10. The molecular weight excluding hydrogens is 312 g/mol. The number of fused-ring (bicyclic) bond motifs is 2. The maximum Gasteiger partial charge on any atom is 0.224 e. The van der Waals surface area contributed by atoms with Gasteiger partial charge in [-0.3, -0.25) is 4.79 Å². The number of benzene rings is 2. The lowest BCUT2D eigenvalue weighted by atomic mass is 10.0. The summed E-state index contributed by atoms with van der Waals surface area (Å²) in [5.41, 5.74) is 5.57. The van der Waals surface area contributed by atoms with Gasteiger partial charge in [0, 0.05) is 36.3 Å². The number of rotatable bonds is 3. The third-order valence-corrected chi connectivity index (χ3v) is 4.88. The highest BCUT2D eigenvalue weighted by molar-refractivity contribution is 5.92. The van der Waals surface area contributed by atoms with Gasteiger partial charge < -0.3 is 15.4 Å². The van der Waals surface area contributed by atoms with Crippen molar-refractivity contribution in [2.75, 3.05) is 10.6 Å². The van der Waals surface area contributed by atoms with E-state index in [1.165, 1.54) is 16.7 Å². The molecule has 2 heterocycles. The van der Waals surface area contributed by atoms with Gasteiger partial charge in [0.15, 0.2) is 0 Å². The van der Waals surface area contributed by atoms with Crippen molar-refractivity contribution in [2.45, 2.75) is 51.7 Å². The largest absolute Gasteiger partial charge is 0.487 e. The minimum atomic E-state index is -0.124. The predicted octanol–water partition coefficient (Wildman–Crippen LogP) is 4.29. The molecule has 0 spiro atoms. The summed E-state index contributed by atoms with van der Waals surface area (Å²) in [6.45, 7) is 4.99. The molecule has 2 aliphatic heterocycles. The first-order chi connectivity index (χ1) is 12.0. The minimum absolute atomic E-state index is 0.110. The number of aryl methyl sites for hydroxylation is 1. The van der Waals surface area contributed by atoms with Crippen molar-refractivity contribution >= 4 is 17.3 Å². The third-order valence-electron chi connectivity index (χ3n) is 4.88. The molecule has 4 heteroatoms. The maximum absolute atomic E-state index is 11.7. The van der Waals surface area contributed by atoms with Gasteiger partial charge in [-0.2, -0.15) is 0 Å². The Hall–Kier alpha value is -2.49. The van der Waals surface area contributed by atoms with Crippen LogP contribution in [0.4, 0.5) is 11.4 Å². The molecule has 25 heavy (non-hydrogen) atoms. The van der Waals surface area contributed by atoms with Crippen LogP contribution in [0.3, 0.4) is 0 Å². The van der Waals surface area contributed by atoms with Crippen LogP contribution in [0.15, 0.2) is 36.4 Å². The molecule has 130 valence electrons. The van der Waals surface area contributed by atoms with Gasteiger partial charge in [0.2, 0.25) is 5.91 Å². The van der Waals surface area contributed by atoms with Crippen molar-refractivity contribution in [3.8, 4) is 5.75 Å². The van der Waals surface area contributed by atoms with Crippen molar-refractivity contribution in [2.24, 2.45) is 0 Å². The highest BCUT2D eigenvalue weighted by atomic mass is 16.5. The summed E-state index contributed by atoms with van der Waals surface area (Å²) in [6.07, 6.45) is 3.38. The Kier molecular flexibility index (Phi) is 3.91. The molecule has 0 aromatic heterocycles. The van der Waals surface area contributed by atoms with Crippen LogP contribution in [0.1, 0.15) is 43.4 Å². The molecule has 1 amide bonds. The van der Waals surface area contributed by atoms with E-state index in [4.69, 9.17) is 4.74 Å². The summed E-state index contributed by atoms with van der Waals surface area (Å²) in [4.78, 5) is 11.7. The lowest BCUT2D eigenvalue weighted by Crippen LogP contribution is -2.25. The summed E-state index contributed by atoms with van der Waals surface area (Å²) in [5, 5.41) is 6.49. The molecular formula is C21H24N2O2. The molecule has 2 aromatic carbocycles. The number of para-hydroxylation sites is 1. The van der Waals surface area contributed by atoms with Crippen molar-refractivity contribution < 1.29 is 9.53 Å². The molecule has 0 bridgehead atoms. The molecule has 0 fully saturated rings. The SMILES string of the molecule is CC1(C)Cc2cccc(CNc3ccc4c(c3)CCCC(=O)N4)c2O1. The molecule has 0 aliphatic carbocycles. The minimum Gasteiger partial charge on any atom is -0.487 e. The van der Waals surface area contributed by atoms with E-state index in [0.29, 0.717) is 6.42 Å². The zero-order valence-corrected chi connectivity index (χ0v) is 14.8. The van der Waals surface area contributed by atoms with Crippen LogP contribution >= 0.6 is 0 Å². The summed E-state index contributed by atoms with van der Waals surface area (Å²) >= 11 is 0. The lowest BCUT2D eigenvalue weighted by molar-refractivity contribution is -0.116. The number of carbonyl (C=O) groups excluding carboxylic acids is 1. The molecule has 2 aliphatic rings. The van der Waals surface area contributed by atoms with E-state index in [0.717, 1.165) is 42.9 Å². The molecule has 0 saturated carbocycles. The zero-order chi connectivity index (χ0) is 17.4. The van der Waals surface area contributed by atoms with E-state index in [1.54, 1.807) is 0 Å². The van der Waals surface area contributed by atoms with Gasteiger partial charge in [-0.25, -0.2) is 0 Å². The fourth-order valence-electron chi connectivity index (χ4n) is 3.70. The number of carbonyl (C=O) groups is 1. The van der Waals surface area contributed by atoms with Crippen LogP contribution in [0.2, 0.25) is 0 Å². The van der Waals surface area contributed by atoms with E-state index >= 15 is 0 Å². The van der Waals surface area contributed by atoms with Crippen molar-refractivity contribution in [3.05, 3.63) is 53.1 Å². The molecule has 0 atom stereocenters. The first-order valence-corrected chi connectivity index (χ1v) is 8.97. The summed E-state index contributed by atoms with van der Waals surface area (Å²) in [6, 6.07) is 12.5. The van der Waals surface area contributed by atoms with Gasteiger partial charge in [-0.1, -0.05) is 18.2 Å². The Labute approximate surface area is 148 Å². The van der Waals surface area contributed by atoms with Gasteiger partial charge >= 0.3 is 0 Å². The fraction of sp³-hybridized carbons (Fsp3) is 0.381. The maximum atomic E-state index is 11.7. The van der Waals surface area contributed by atoms with Gasteiger partial charge in [-0.15, -0.1) is 0 Å². The van der Waals surface area contributed by atoms with Crippen molar-refractivity contribution in [3.63, 3.8) is 0 Å². The topological polar surface area (TPSA) is 50.4 Å². The second-order valence-electron chi connectivity index (χ2n) is 7.57. The summed E-state index contributed by atoms with van der Waals surface area (Å²) in [7, 11) is 0. The number of ether oxygens (including phenoxy) is 1. The van der Waals surface area contributed by atoms with Crippen molar-refractivity contribution in [1.82, 2.24) is 0 Å². The van der Waals surface area contributed by atoms with Gasteiger partial charge in [0.1, 0.15) is 11.4 Å². The summed E-state index contributed by atoms with van der Waals surface area (Å²) < 4.78 is 6.15. The Morgan fingerprint density at radius 1 is 1.16 bits per heavy atom. The van der Waals surface area contributed by atoms with Crippen LogP contribution in [0, 0.1) is 0 Å². The number of anilines is 2. The molecule has 4 nitrogen and oxygen atoms in total. The highest BCUT2D eigenvalue weighted by Crippen LogP contribution is 2.38. The number of nitrogens with one attached hydrogen (secondary N) is 2. The van der Waals surface area contributed by atoms with Gasteiger partial charge in [0.25, 0.3) is 0 Å². The molecule has 2 aromatic rings. The standard InChI is InChI=1S/C21H24N2O2/c1-21(2)12-15-6-3-7-16(20(15)25-21)13-22-17-9-10-18-14(11-17)5-4-8-19(24)23-18/h3,6-7,9-11,22H,4-5,8,12-13H2,1-2H3,(H,23,24). The predicted molar refractivity (Wildman–Crippen MR) is 100 cm³/mol. The molecule has 0 unspecified atom stereocenters. The smallest absolute Gasteiger partial charge is 0.224 e. The second-order valence-corrected chi connectivity index (χ2v) is 7.57. The van der Waals surface area contributed by atoms with E-state index in [9.17, 15) is 4.79 Å². The average molecular weight is 336 g/mol. The first-order valence-electron chi connectivity index (χ1n) is 8.97. The van der Waals surface area contributed by atoms with Crippen LogP contribution < -0.4 is 15.4 Å². The Balaban J connectivity index is 1.51. The van der Waals surface area contributed by atoms with Crippen molar-refractivity contribution in [1.29, 1.82) is 0 Å². The number of amides is 1. The monoisotopic (exact) mass is 336 g/mol. The third kappa shape index (κ3) is 3.34. The normalized spacial score (nSPS) is 17.8. The molecule has 4 rings (SSSR count). The highest BCUT2D eigenvalue weighted by Gasteiger charge is 2.31. The average Bonchev–Trinajstić information content (AvgIpc) is 2.76. The Bertz CT molecular complexity index is 827. The zero-order valence-electron chi connectivity index (χ0n) is 14.8. The Morgan fingerprint density at radius 3 is 2.92 bits per heavy atom. The van der Waals surface area contributed by atoms with Crippen LogP contribution in [0.5, 0.6) is 5.75 Å². The van der Waals surface area contributed by atoms with E-state index in [-0.39, 0.29) is 11.5 Å². The molecule has 0 radical (unpaired) electrons. The quantitative estimate of drug-likeness (QED) is 0.879. The number of hydrogen-bond donors (Lipinski definition) is 2.